The maximum Gasteiger partial charge on any atom is 0.407 e. The maximum atomic E-state index is 13.3. The lowest BCUT2D eigenvalue weighted by Gasteiger charge is -2.27. The van der Waals surface area contributed by atoms with E-state index in [0.717, 1.165) is 28.7 Å². The van der Waals surface area contributed by atoms with Gasteiger partial charge in [-0.05, 0) is 28.7 Å². The summed E-state index contributed by atoms with van der Waals surface area (Å²) in [5.74, 6) is -1.58. The molecule has 0 bridgehead atoms. The van der Waals surface area contributed by atoms with Crippen LogP contribution in [0.4, 0.5) is 4.79 Å². The van der Waals surface area contributed by atoms with Crippen molar-refractivity contribution >= 4 is 18.0 Å². The Morgan fingerprint density at radius 3 is 2.29 bits per heavy atom. The third-order valence-corrected chi connectivity index (χ3v) is 6.94. The summed E-state index contributed by atoms with van der Waals surface area (Å²) in [6, 6.07) is 14.3. The Hall–Kier alpha value is -3.39. The molecule has 3 atom stereocenters. The molecule has 2 aromatic rings. The molecule has 2 aliphatic rings. The molecule has 2 amide bonds. The van der Waals surface area contributed by atoms with Crippen molar-refractivity contribution in [1.29, 1.82) is 0 Å². The van der Waals surface area contributed by atoms with Gasteiger partial charge in [-0.15, -0.1) is 0 Å². The Bertz CT molecular complexity index is 1040. The largest absolute Gasteiger partial charge is 0.480 e. The van der Waals surface area contributed by atoms with Crippen LogP contribution in [0.1, 0.15) is 49.7 Å². The number of nitrogens with zero attached hydrogens (tertiary/aromatic N) is 1. The number of amides is 2. The Morgan fingerprint density at radius 1 is 1.09 bits per heavy atom. The first kappa shape index (κ1) is 24.7. The van der Waals surface area contributed by atoms with Crippen LogP contribution in [0.3, 0.4) is 0 Å². The van der Waals surface area contributed by atoms with Crippen molar-refractivity contribution in [2.24, 2.45) is 0 Å². The topological polar surface area (TPSA) is 105 Å². The van der Waals surface area contributed by atoms with Gasteiger partial charge in [-0.25, -0.2) is 9.59 Å². The molecule has 8 nitrogen and oxygen atoms in total. The fourth-order valence-electron chi connectivity index (χ4n) is 5.09. The number of unbranched alkanes of at least 4 members (excludes halogenated alkanes) is 1. The molecular formula is C27H32N2O6. The molecule has 2 N–H and O–H groups in total. The smallest absolute Gasteiger partial charge is 0.407 e. The first-order valence-corrected chi connectivity index (χ1v) is 12.1. The van der Waals surface area contributed by atoms with Crippen LogP contribution in [-0.4, -0.2) is 66.4 Å². The van der Waals surface area contributed by atoms with Gasteiger partial charge in [0.15, 0.2) is 0 Å². The number of carboxylic acids is 1. The molecule has 1 heterocycles. The molecule has 0 aromatic heterocycles. The van der Waals surface area contributed by atoms with E-state index < -0.39 is 30.1 Å². The minimum atomic E-state index is -1.08. The predicted octanol–water partition coefficient (Wildman–Crippen LogP) is 3.78. The van der Waals surface area contributed by atoms with Crippen molar-refractivity contribution in [2.75, 3.05) is 20.3 Å². The summed E-state index contributed by atoms with van der Waals surface area (Å²) in [6.07, 6.45) is 1.14. The van der Waals surface area contributed by atoms with E-state index >= 15 is 0 Å². The number of methoxy groups -OCH3 is 1. The molecule has 4 rings (SSSR count). The molecule has 0 radical (unpaired) electrons. The van der Waals surface area contributed by atoms with Gasteiger partial charge in [0, 0.05) is 26.0 Å². The molecule has 3 unspecified atom stereocenters. The van der Waals surface area contributed by atoms with Crippen LogP contribution < -0.4 is 5.32 Å². The number of carbonyl (C=O) groups is 3. The number of aliphatic carboxylic acids is 1. The van der Waals surface area contributed by atoms with E-state index in [1.54, 1.807) is 0 Å². The molecule has 1 saturated heterocycles. The summed E-state index contributed by atoms with van der Waals surface area (Å²) in [4.78, 5) is 39.1. The van der Waals surface area contributed by atoms with E-state index in [1.807, 2.05) is 43.3 Å². The molecule has 0 spiro atoms. The number of hydrogen-bond acceptors (Lipinski definition) is 5. The van der Waals surface area contributed by atoms with Crippen LogP contribution >= 0.6 is 0 Å². The predicted molar refractivity (Wildman–Crippen MR) is 130 cm³/mol. The number of hydrogen-bond donors (Lipinski definition) is 2. The zero-order valence-corrected chi connectivity index (χ0v) is 20.1. The molecule has 2 aromatic carbocycles. The third-order valence-electron chi connectivity index (χ3n) is 6.94. The van der Waals surface area contributed by atoms with Crippen molar-refractivity contribution in [1.82, 2.24) is 10.2 Å². The van der Waals surface area contributed by atoms with Gasteiger partial charge < -0.3 is 24.8 Å². The maximum absolute atomic E-state index is 13.3. The van der Waals surface area contributed by atoms with Gasteiger partial charge in [-0.1, -0.05) is 68.3 Å². The fourth-order valence-corrected chi connectivity index (χ4v) is 5.09. The Kier molecular flexibility index (Phi) is 7.70. The summed E-state index contributed by atoms with van der Waals surface area (Å²) >= 11 is 0. The summed E-state index contributed by atoms with van der Waals surface area (Å²) in [7, 11) is 1.50. The quantitative estimate of drug-likeness (QED) is 0.566. The first-order chi connectivity index (χ1) is 16.9. The highest BCUT2D eigenvalue weighted by atomic mass is 16.5. The highest BCUT2D eigenvalue weighted by Crippen LogP contribution is 2.44. The highest BCUT2D eigenvalue weighted by molar-refractivity contribution is 5.90. The molecule has 0 saturated carbocycles. The summed E-state index contributed by atoms with van der Waals surface area (Å²) < 4.78 is 10.9. The van der Waals surface area contributed by atoms with E-state index in [-0.39, 0.29) is 31.6 Å². The monoisotopic (exact) mass is 480 g/mol. The van der Waals surface area contributed by atoms with Crippen LogP contribution in [0.5, 0.6) is 0 Å². The van der Waals surface area contributed by atoms with Crippen LogP contribution in [0.25, 0.3) is 11.1 Å². The van der Waals surface area contributed by atoms with E-state index in [0.29, 0.717) is 12.8 Å². The van der Waals surface area contributed by atoms with Crippen LogP contribution in [0, 0.1) is 0 Å². The van der Waals surface area contributed by atoms with Crippen LogP contribution in [0.2, 0.25) is 0 Å². The Balaban J connectivity index is 1.44. The summed E-state index contributed by atoms with van der Waals surface area (Å²) in [5, 5.41) is 12.3. The van der Waals surface area contributed by atoms with Gasteiger partial charge in [0.05, 0.1) is 6.10 Å². The molecule has 1 aliphatic carbocycles. The van der Waals surface area contributed by atoms with E-state index in [2.05, 4.69) is 17.4 Å². The molecule has 1 fully saturated rings. The molecule has 186 valence electrons. The molecular weight excluding hydrogens is 448 g/mol. The highest BCUT2D eigenvalue weighted by Gasteiger charge is 2.42. The number of ether oxygens (including phenoxy) is 2. The van der Waals surface area contributed by atoms with Gasteiger partial charge >= 0.3 is 12.1 Å². The average molecular weight is 481 g/mol. The summed E-state index contributed by atoms with van der Waals surface area (Å²) in [6.45, 7) is 2.31. The third kappa shape index (κ3) is 5.17. The van der Waals surface area contributed by atoms with Crippen molar-refractivity contribution in [2.45, 2.75) is 56.7 Å². The van der Waals surface area contributed by atoms with E-state index in [1.165, 1.54) is 12.0 Å². The SMILES string of the molecule is CCCCC(NC(=O)OCC1c2ccccc2-c2ccccc21)C(=O)N1CC(OC)CC1C(=O)O. The number of carboxylic acid groups (broad SMARTS) is 1. The normalized spacial score (nSPS) is 19.7. The van der Waals surface area contributed by atoms with E-state index in [4.69, 9.17) is 9.47 Å². The van der Waals surface area contributed by atoms with Crippen LogP contribution in [0.15, 0.2) is 48.5 Å². The lowest BCUT2D eigenvalue weighted by molar-refractivity contribution is -0.149. The number of alkyl carbamates (subject to hydrolysis) is 1. The molecule has 1 aliphatic heterocycles. The van der Waals surface area contributed by atoms with Crippen molar-refractivity contribution < 1.29 is 29.0 Å². The van der Waals surface area contributed by atoms with Gasteiger partial charge in [0.1, 0.15) is 18.7 Å². The number of nitrogens with one attached hydrogen (secondary N) is 1. The minimum Gasteiger partial charge on any atom is -0.480 e. The Labute approximate surface area is 205 Å². The second-order valence-electron chi connectivity index (χ2n) is 9.10. The van der Waals surface area contributed by atoms with Crippen LogP contribution in [-0.2, 0) is 19.1 Å². The number of carbonyl (C=O) groups excluding carboxylic acids is 2. The molecule has 35 heavy (non-hydrogen) atoms. The van der Waals surface area contributed by atoms with Gasteiger partial charge in [-0.3, -0.25) is 4.79 Å². The second-order valence-corrected chi connectivity index (χ2v) is 9.10. The standard InChI is InChI=1S/C27H32N2O6/c1-3-4-13-23(25(30)29-15-17(34-2)14-24(29)26(31)32)28-27(33)35-16-22-20-11-7-5-9-18(20)19-10-6-8-12-21(19)22/h5-12,17,22-24H,3-4,13-16H2,1-2H3,(H,28,33)(H,31,32). The lowest BCUT2D eigenvalue weighted by Crippen LogP contribution is -2.52. The molecule has 8 heteroatoms. The number of rotatable bonds is 9. The second kappa shape index (κ2) is 10.9. The van der Waals surface area contributed by atoms with Gasteiger partial charge in [0.2, 0.25) is 5.91 Å². The minimum absolute atomic E-state index is 0.0876. The average Bonchev–Trinajstić information content (AvgIpc) is 3.45. The number of benzene rings is 2. The summed E-state index contributed by atoms with van der Waals surface area (Å²) in [5.41, 5.74) is 4.48. The lowest BCUT2D eigenvalue weighted by atomic mass is 9.98. The Morgan fingerprint density at radius 2 is 1.71 bits per heavy atom. The van der Waals surface area contributed by atoms with E-state index in [9.17, 15) is 19.5 Å². The number of likely N-dealkylation sites (tertiary alicyclic amines) is 1. The zero-order valence-electron chi connectivity index (χ0n) is 20.1. The first-order valence-electron chi connectivity index (χ1n) is 12.1. The zero-order chi connectivity index (χ0) is 24.9. The fraction of sp³-hybridized carbons (Fsp3) is 0.444. The van der Waals surface area contributed by atoms with Crippen molar-refractivity contribution in [3.05, 3.63) is 59.7 Å². The van der Waals surface area contributed by atoms with Gasteiger partial charge in [-0.2, -0.15) is 0 Å². The van der Waals surface area contributed by atoms with Gasteiger partial charge in [0.25, 0.3) is 0 Å². The number of fused-ring (bicyclic) bond motifs is 3. The van der Waals surface area contributed by atoms with Crippen molar-refractivity contribution in [3.8, 4) is 11.1 Å². The van der Waals surface area contributed by atoms with Crippen molar-refractivity contribution in [3.63, 3.8) is 0 Å².